The van der Waals surface area contributed by atoms with E-state index in [-0.39, 0.29) is 5.91 Å². The van der Waals surface area contributed by atoms with Crippen LogP contribution in [-0.4, -0.2) is 15.9 Å². The maximum Gasteiger partial charge on any atom is 0.255 e. The number of aromatic nitrogens is 2. The summed E-state index contributed by atoms with van der Waals surface area (Å²) < 4.78 is 6.62. The van der Waals surface area contributed by atoms with Crippen LogP contribution in [0, 0.1) is 0 Å². The van der Waals surface area contributed by atoms with Gasteiger partial charge in [-0.25, -0.2) is 4.98 Å². The van der Waals surface area contributed by atoms with Crippen LogP contribution in [0.25, 0.3) is 22.6 Å². The van der Waals surface area contributed by atoms with Gasteiger partial charge in [-0.1, -0.05) is 18.2 Å². The fourth-order valence-electron chi connectivity index (χ4n) is 2.45. The van der Waals surface area contributed by atoms with Crippen molar-refractivity contribution in [3.8, 4) is 11.5 Å². The van der Waals surface area contributed by atoms with Crippen molar-refractivity contribution in [2.75, 3.05) is 5.32 Å². The largest absolute Gasteiger partial charge is 0.436 e. The summed E-state index contributed by atoms with van der Waals surface area (Å²) in [4.78, 5) is 20.8. The molecule has 4 rings (SSSR count). The van der Waals surface area contributed by atoms with Gasteiger partial charge in [-0.3, -0.25) is 9.78 Å². The third kappa shape index (κ3) is 3.29. The lowest BCUT2D eigenvalue weighted by Gasteiger charge is -2.04. The lowest BCUT2D eigenvalue weighted by atomic mass is 10.2. The van der Waals surface area contributed by atoms with Crippen LogP contribution in [0.4, 0.5) is 5.69 Å². The first-order chi connectivity index (χ1) is 12.2. The van der Waals surface area contributed by atoms with Gasteiger partial charge in [-0.15, -0.1) is 0 Å². The van der Waals surface area contributed by atoms with E-state index >= 15 is 0 Å². The number of hydrogen-bond donors (Lipinski definition) is 1. The minimum atomic E-state index is -0.167. The molecule has 0 saturated carbocycles. The highest BCUT2D eigenvalue weighted by Gasteiger charge is 2.11. The Balaban J connectivity index is 1.63. The molecule has 0 unspecified atom stereocenters. The molecule has 122 valence electrons. The minimum Gasteiger partial charge on any atom is -0.436 e. The van der Waals surface area contributed by atoms with Gasteiger partial charge in [0.05, 0.1) is 5.56 Å². The van der Waals surface area contributed by atoms with E-state index in [9.17, 15) is 4.79 Å². The first kappa shape index (κ1) is 15.5. The number of carbonyl (C=O) groups is 1. The Morgan fingerprint density at radius 3 is 2.68 bits per heavy atom. The van der Waals surface area contributed by atoms with Crippen LogP contribution in [0.3, 0.4) is 0 Å². The predicted molar refractivity (Wildman–Crippen MR) is 99.3 cm³/mol. The van der Waals surface area contributed by atoms with Crippen molar-refractivity contribution in [3.05, 3.63) is 77.0 Å². The average Bonchev–Trinajstić information content (AvgIpc) is 3.06. The average molecular weight is 394 g/mol. The quantitative estimate of drug-likeness (QED) is 0.537. The van der Waals surface area contributed by atoms with E-state index in [0.717, 1.165) is 10.0 Å². The molecule has 0 fully saturated rings. The van der Waals surface area contributed by atoms with Gasteiger partial charge in [0.25, 0.3) is 5.91 Å². The number of rotatable bonds is 3. The van der Waals surface area contributed by atoms with E-state index in [4.69, 9.17) is 4.42 Å². The Morgan fingerprint density at radius 1 is 1.04 bits per heavy atom. The summed E-state index contributed by atoms with van der Waals surface area (Å²) >= 11 is 3.38. The SMILES string of the molecule is O=C(Nc1ccc2oc(-c3cncc(Br)c3)nc2c1)c1ccccc1. The van der Waals surface area contributed by atoms with Crippen molar-refractivity contribution in [1.82, 2.24) is 9.97 Å². The molecule has 1 amide bonds. The maximum atomic E-state index is 12.2. The lowest BCUT2D eigenvalue weighted by Crippen LogP contribution is -2.11. The molecule has 0 aliphatic rings. The fraction of sp³-hybridized carbons (Fsp3) is 0. The van der Waals surface area contributed by atoms with E-state index in [1.165, 1.54) is 0 Å². The molecule has 0 aliphatic heterocycles. The molecule has 1 N–H and O–H groups in total. The van der Waals surface area contributed by atoms with Crippen LogP contribution in [0.5, 0.6) is 0 Å². The molecule has 2 heterocycles. The first-order valence-corrected chi connectivity index (χ1v) is 8.36. The molecule has 6 heteroatoms. The first-order valence-electron chi connectivity index (χ1n) is 7.57. The standard InChI is InChI=1S/C19H12BrN3O2/c20-14-8-13(10-21-11-14)19-23-16-9-15(6-7-17(16)25-19)22-18(24)12-4-2-1-3-5-12/h1-11H,(H,22,24). The lowest BCUT2D eigenvalue weighted by molar-refractivity contribution is 0.102. The third-order valence-electron chi connectivity index (χ3n) is 3.63. The van der Waals surface area contributed by atoms with Gasteiger partial charge in [0.2, 0.25) is 5.89 Å². The Kier molecular flexibility index (Phi) is 4.03. The second-order valence-electron chi connectivity index (χ2n) is 5.41. The Bertz CT molecular complexity index is 1060. The number of nitrogens with zero attached hydrogens (tertiary/aromatic N) is 2. The molecule has 2 aromatic heterocycles. The fourth-order valence-corrected chi connectivity index (χ4v) is 2.82. The van der Waals surface area contributed by atoms with Crippen molar-refractivity contribution in [3.63, 3.8) is 0 Å². The summed E-state index contributed by atoms with van der Waals surface area (Å²) in [6.07, 6.45) is 3.39. The number of halogens is 1. The van der Waals surface area contributed by atoms with E-state index in [1.807, 2.05) is 24.3 Å². The zero-order valence-electron chi connectivity index (χ0n) is 12.9. The van der Waals surface area contributed by atoms with E-state index in [0.29, 0.717) is 28.2 Å². The molecule has 0 atom stereocenters. The zero-order valence-corrected chi connectivity index (χ0v) is 14.5. The van der Waals surface area contributed by atoms with Crippen LogP contribution < -0.4 is 5.32 Å². The van der Waals surface area contributed by atoms with Crippen molar-refractivity contribution in [2.24, 2.45) is 0 Å². The van der Waals surface area contributed by atoms with Gasteiger partial charge in [0.15, 0.2) is 5.58 Å². The number of benzene rings is 2. The van der Waals surface area contributed by atoms with E-state index < -0.39 is 0 Å². The van der Waals surface area contributed by atoms with Crippen LogP contribution >= 0.6 is 15.9 Å². The van der Waals surface area contributed by atoms with Gasteiger partial charge >= 0.3 is 0 Å². The number of carbonyl (C=O) groups excluding carboxylic acids is 1. The number of nitrogens with one attached hydrogen (secondary N) is 1. The molecular weight excluding hydrogens is 382 g/mol. The van der Waals surface area contributed by atoms with Gasteiger partial charge in [0, 0.05) is 28.1 Å². The second kappa shape index (κ2) is 6.49. The summed E-state index contributed by atoms with van der Waals surface area (Å²) in [5.74, 6) is 0.315. The molecule has 25 heavy (non-hydrogen) atoms. The second-order valence-corrected chi connectivity index (χ2v) is 6.33. The molecule has 0 radical (unpaired) electrons. The molecule has 4 aromatic rings. The Morgan fingerprint density at radius 2 is 1.88 bits per heavy atom. The Labute approximate surface area is 151 Å². The van der Waals surface area contributed by atoms with Crippen molar-refractivity contribution >= 4 is 38.6 Å². The summed E-state index contributed by atoms with van der Waals surface area (Å²) in [5.41, 5.74) is 3.35. The molecule has 0 spiro atoms. The summed E-state index contributed by atoms with van der Waals surface area (Å²) in [5, 5.41) is 2.87. The topological polar surface area (TPSA) is 68.0 Å². The highest BCUT2D eigenvalue weighted by Crippen LogP contribution is 2.27. The van der Waals surface area contributed by atoms with Crippen molar-refractivity contribution < 1.29 is 9.21 Å². The van der Waals surface area contributed by atoms with Gasteiger partial charge in [-0.2, -0.15) is 0 Å². The third-order valence-corrected chi connectivity index (χ3v) is 4.07. The number of anilines is 1. The molecule has 0 aliphatic carbocycles. The molecule has 2 aromatic carbocycles. The number of oxazole rings is 1. The minimum absolute atomic E-state index is 0.167. The highest BCUT2D eigenvalue weighted by atomic mass is 79.9. The van der Waals surface area contributed by atoms with Crippen LogP contribution in [0.2, 0.25) is 0 Å². The predicted octanol–water partition coefficient (Wildman–Crippen LogP) is 4.90. The maximum absolute atomic E-state index is 12.2. The highest BCUT2D eigenvalue weighted by molar-refractivity contribution is 9.10. The monoisotopic (exact) mass is 393 g/mol. The summed E-state index contributed by atoms with van der Waals surface area (Å²) in [7, 11) is 0. The number of amides is 1. The summed E-state index contributed by atoms with van der Waals surface area (Å²) in [6.45, 7) is 0. The van der Waals surface area contributed by atoms with Gasteiger partial charge in [-0.05, 0) is 52.3 Å². The number of hydrogen-bond acceptors (Lipinski definition) is 4. The van der Waals surface area contributed by atoms with Crippen LogP contribution in [0.15, 0.2) is 75.9 Å². The van der Waals surface area contributed by atoms with Crippen molar-refractivity contribution in [1.29, 1.82) is 0 Å². The number of fused-ring (bicyclic) bond motifs is 1. The zero-order chi connectivity index (χ0) is 17.2. The molecule has 0 bridgehead atoms. The molecule has 0 saturated heterocycles. The normalized spacial score (nSPS) is 10.8. The Hall–Kier alpha value is -2.99. The number of pyridine rings is 1. The van der Waals surface area contributed by atoms with E-state index in [1.54, 1.807) is 42.7 Å². The van der Waals surface area contributed by atoms with E-state index in [2.05, 4.69) is 31.2 Å². The molecular formula is C19H12BrN3O2. The molecule has 5 nitrogen and oxygen atoms in total. The summed E-state index contributed by atoms with van der Waals surface area (Å²) in [6, 6.07) is 16.3. The van der Waals surface area contributed by atoms with Gasteiger partial charge in [0.1, 0.15) is 5.52 Å². The van der Waals surface area contributed by atoms with Crippen LogP contribution in [-0.2, 0) is 0 Å². The van der Waals surface area contributed by atoms with Gasteiger partial charge < -0.3 is 9.73 Å². The van der Waals surface area contributed by atoms with Crippen molar-refractivity contribution in [2.45, 2.75) is 0 Å². The smallest absolute Gasteiger partial charge is 0.255 e. The van der Waals surface area contributed by atoms with Crippen LogP contribution in [0.1, 0.15) is 10.4 Å².